The van der Waals surface area contributed by atoms with Crippen molar-refractivity contribution in [2.45, 2.75) is 25.2 Å². The van der Waals surface area contributed by atoms with Crippen molar-refractivity contribution in [3.8, 4) is 0 Å². The Morgan fingerprint density at radius 3 is 2.35 bits per heavy atom. The maximum Gasteiger partial charge on any atom is 0.404 e. The van der Waals surface area contributed by atoms with Crippen LogP contribution in [0.5, 0.6) is 0 Å². The van der Waals surface area contributed by atoms with Crippen LogP contribution in [0.15, 0.2) is 30.3 Å². The second-order valence-electron chi connectivity index (χ2n) is 3.56. The van der Waals surface area contributed by atoms with Crippen LogP contribution in [0.2, 0.25) is 0 Å². The van der Waals surface area contributed by atoms with Gasteiger partial charge < -0.3 is 10.4 Å². The van der Waals surface area contributed by atoms with E-state index in [1.54, 1.807) is 30.3 Å². The summed E-state index contributed by atoms with van der Waals surface area (Å²) in [5.41, 5.74) is 0.673. The molecular formula is C11H12F3NO2. The van der Waals surface area contributed by atoms with Gasteiger partial charge in [0, 0.05) is 6.54 Å². The molecule has 0 saturated carbocycles. The number of hydrogen-bond donors (Lipinski definition) is 2. The summed E-state index contributed by atoms with van der Waals surface area (Å²) in [6.45, 7) is -0.0156. The van der Waals surface area contributed by atoms with Crippen molar-refractivity contribution < 1.29 is 23.1 Å². The molecule has 0 radical (unpaired) electrons. The largest absolute Gasteiger partial charge is 0.481 e. The summed E-state index contributed by atoms with van der Waals surface area (Å²) in [6, 6.07) is 6.47. The van der Waals surface area contributed by atoms with Crippen molar-refractivity contribution in [2.75, 3.05) is 0 Å². The molecule has 1 rings (SSSR count). The van der Waals surface area contributed by atoms with Crippen LogP contribution in [0.1, 0.15) is 12.0 Å². The van der Waals surface area contributed by atoms with Crippen molar-refractivity contribution in [1.82, 2.24) is 5.32 Å². The van der Waals surface area contributed by atoms with E-state index in [9.17, 15) is 18.0 Å². The maximum atomic E-state index is 12.5. The summed E-state index contributed by atoms with van der Waals surface area (Å²) in [4.78, 5) is 10.3. The van der Waals surface area contributed by atoms with Gasteiger partial charge in [-0.15, -0.1) is 0 Å². The van der Waals surface area contributed by atoms with Gasteiger partial charge in [-0.2, -0.15) is 13.2 Å². The zero-order chi connectivity index (χ0) is 12.9. The highest BCUT2D eigenvalue weighted by molar-refractivity contribution is 5.67. The summed E-state index contributed by atoms with van der Waals surface area (Å²) < 4.78 is 37.4. The predicted octanol–water partition coefficient (Wildman–Crippen LogP) is 2.18. The normalized spacial score (nSPS) is 13.4. The van der Waals surface area contributed by atoms with Crippen LogP contribution in [0.4, 0.5) is 13.2 Å². The number of rotatable bonds is 5. The van der Waals surface area contributed by atoms with Crippen molar-refractivity contribution in [1.29, 1.82) is 0 Å². The van der Waals surface area contributed by atoms with Crippen LogP contribution in [-0.2, 0) is 11.3 Å². The average Bonchev–Trinajstić information content (AvgIpc) is 2.23. The molecule has 1 atom stereocenters. The van der Waals surface area contributed by atoms with Crippen LogP contribution >= 0.6 is 0 Å². The molecule has 1 aromatic rings. The topological polar surface area (TPSA) is 49.3 Å². The van der Waals surface area contributed by atoms with E-state index in [2.05, 4.69) is 5.32 Å². The summed E-state index contributed by atoms with van der Waals surface area (Å²) in [6.07, 6.45) is -5.54. The Kier molecular flexibility index (Phi) is 4.51. The van der Waals surface area contributed by atoms with Crippen molar-refractivity contribution in [2.24, 2.45) is 0 Å². The first-order chi connectivity index (χ1) is 7.89. The first-order valence-corrected chi connectivity index (χ1v) is 4.95. The van der Waals surface area contributed by atoms with E-state index in [0.717, 1.165) is 0 Å². The third-order valence-electron chi connectivity index (χ3n) is 2.17. The third kappa shape index (κ3) is 4.86. The molecule has 17 heavy (non-hydrogen) atoms. The number of carbonyl (C=O) groups is 1. The van der Waals surface area contributed by atoms with Gasteiger partial charge in [0.1, 0.15) is 6.04 Å². The number of halogens is 3. The molecule has 0 heterocycles. The highest BCUT2D eigenvalue weighted by atomic mass is 19.4. The minimum atomic E-state index is -4.56. The molecule has 2 N–H and O–H groups in total. The van der Waals surface area contributed by atoms with Crippen LogP contribution in [0.3, 0.4) is 0 Å². The Bertz CT molecular complexity index is 365. The number of hydrogen-bond acceptors (Lipinski definition) is 2. The molecule has 0 aliphatic heterocycles. The van der Waals surface area contributed by atoms with Crippen molar-refractivity contribution in [3.63, 3.8) is 0 Å². The van der Waals surface area contributed by atoms with E-state index in [-0.39, 0.29) is 6.54 Å². The van der Waals surface area contributed by atoms with E-state index in [1.165, 1.54) is 0 Å². The molecule has 1 aromatic carbocycles. The second-order valence-corrected chi connectivity index (χ2v) is 3.56. The van der Waals surface area contributed by atoms with Crippen molar-refractivity contribution >= 4 is 5.97 Å². The summed E-state index contributed by atoms with van der Waals surface area (Å²) in [5, 5.41) is 10.6. The maximum absolute atomic E-state index is 12.5. The molecule has 0 unspecified atom stereocenters. The lowest BCUT2D eigenvalue weighted by Gasteiger charge is -2.19. The standard InChI is InChI=1S/C11H12F3NO2/c12-11(13,14)9(6-10(16)17)15-7-8-4-2-1-3-5-8/h1-5,9,15H,6-7H2,(H,16,17)/t9-/m1/s1. The Hall–Kier alpha value is -1.56. The van der Waals surface area contributed by atoms with Crippen LogP contribution in [0.25, 0.3) is 0 Å². The van der Waals surface area contributed by atoms with Crippen LogP contribution in [-0.4, -0.2) is 23.3 Å². The molecule has 0 aliphatic rings. The first-order valence-electron chi connectivity index (χ1n) is 4.95. The van der Waals surface area contributed by atoms with Gasteiger partial charge in [0.05, 0.1) is 6.42 Å². The fourth-order valence-electron chi connectivity index (χ4n) is 1.32. The quantitative estimate of drug-likeness (QED) is 0.838. The zero-order valence-electron chi connectivity index (χ0n) is 8.87. The summed E-state index contributed by atoms with van der Waals surface area (Å²) in [5.74, 6) is -1.48. The molecule has 0 saturated heterocycles. The second kappa shape index (κ2) is 5.67. The number of carboxylic acids is 1. The molecule has 0 aliphatic carbocycles. The fourth-order valence-corrected chi connectivity index (χ4v) is 1.32. The van der Waals surface area contributed by atoms with Gasteiger partial charge >= 0.3 is 12.1 Å². The average molecular weight is 247 g/mol. The molecule has 0 bridgehead atoms. The van der Waals surface area contributed by atoms with Crippen molar-refractivity contribution in [3.05, 3.63) is 35.9 Å². The van der Waals surface area contributed by atoms with E-state index < -0.39 is 24.6 Å². The summed E-state index contributed by atoms with van der Waals surface area (Å²) >= 11 is 0. The summed E-state index contributed by atoms with van der Waals surface area (Å²) in [7, 11) is 0. The van der Waals surface area contributed by atoms with Gasteiger partial charge in [-0.1, -0.05) is 30.3 Å². The monoisotopic (exact) mass is 247 g/mol. The first kappa shape index (κ1) is 13.5. The molecule has 0 spiro atoms. The van der Waals surface area contributed by atoms with Crippen LogP contribution < -0.4 is 5.32 Å². The van der Waals surface area contributed by atoms with Gasteiger partial charge in [-0.3, -0.25) is 4.79 Å². The lowest BCUT2D eigenvalue weighted by molar-refractivity contribution is -0.167. The lowest BCUT2D eigenvalue weighted by Crippen LogP contribution is -2.43. The SMILES string of the molecule is O=C(O)C[C@@H](NCc1ccccc1)C(F)(F)F. The molecule has 3 nitrogen and oxygen atoms in total. The Morgan fingerprint density at radius 2 is 1.88 bits per heavy atom. The Morgan fingerprint density at radius 1 is 1.29 bits per heavy atom. The van der Waals surface area contributed by atoms with Gasteiger partial charge in [0.15, 0.2) is 0 Å². The number of aliphatic carboxylic acids is 1. The highest BCUT2D eigenvalue weighted by Crippen LogP contribution is 2.22. The zero-order valence-corrected chi connectivity index (χ0v) is 8.87. The van der Waals surface area contributed by atoms with Crippen LogP contribution in [0, 0.1) is 0 Å². The number of nitrogens with one attached hydrogen (secondary N) is 1. The molecule has 94 valence electrons. The van der Waals surface area contributed by atoms with E-state index >= 15 is 0 Å². The van der Waals surface area contributed by atoms with Gasteiger partial charge in [0.25, 0.3) is 0 Å². The number of alkyl halides is 3. The lowest BCUT2D eigenvalue weighted by atomic mass is 10.1. The van der Waals surface area contributed by atoms with E-state index in [1.807, 2.05) is 0 Å². The Balaban J connectivity index is 2.59. The molecule has 0 fully saturated rings. The van der Waals surface area contributed by atoms with Gasteiger partial charge in [-0.05, 0) is 5.56 Å². The minimum Gasteiger partial charge on any atom is -0.481 e. The minimum absolute atomic E-state index is 0.0156. The highest BCUT2D eigenvalue weighted by Gasteiger charge is 2.40. The van der Waals surface area contributed by atoms with E-state index in [4.69, 9.17) is 5.11 Å². The molecular weight excluding hydrogens is 235 g/mol. The predicted molar refractivity (Wildman–Crippen MR) is 55.4 cm³/mol. The van der Waals surface area contributed by atoms with Gasteiger partial charge in [0.2, 0.25) is 0 Å². The molecule has 6 heteroatoms. The smallest absolute Gasteiger partial charge is 0.404 e. The van der Waals surface area contributed by atoms with Gasteiger partial charge in [-0.25, -0.2) is 0 Å². The number of carboxylic acid groups (broad SMARTS) is 1. The Labute approximate surface area is 96.3 Å². The fraction of sp³-hybridized carbons (Fsp3) is 0.364. The molecule has 0 amide bonds. The third-order valence-corrected chi connectivity index (χ3v) is 2.17. The van der Waals surface area contributed by atoms with E-state index in [0.29, 0.717) is 5.56 Å². The molecule has 0 aromatic heterocycles. The number of benzene rings is 1.